The zero-order valence-corrected chi connectivity index (χ0v) is 11.3. The van der Waals surface area contributed by atoms with Crippen LogP contribution in [0.3, 0.4) is 0 Å². The third-order valence-electron chi connectivity index (χ3n) is 2.92. The van der Waals surface area contributed by atoms with Gasteiger partial charge in [0.1, 0.15) is 0 Å². The normalized spacial score (nSPS) is 14.6. The van der Waals surface area contributed by atoms with E-state index in [0.29, 0.717) is 11.5 Å². The first-order valence-corrected chi connectivity index (χ1v) is 5.78. The van der Waals surface area contributed by atoms with E-state index in [1.54, 1.807) is 7.11 Å². The first-order valence-electron chi connectivity index (χ1n) is 5.78. The second-order valence-corrected chi connectivity index (χ2v) is 5.34. The molecule has 0 amide bonds. The van der Waals surface area contributed by atoms with E-state index in [1.807, 2.05) is 0 Å². The van der Waals surface area contributed by atoms with Crippen LogP contribution in [-0.2, 0) is 4.74 Å². The topological polar surface area (TPSA) is 24.5 Å². The summed E-state index contributed by atoms with van der Waals surface area (Å²) in [5.74, 6) is 0. The number of hydrogen-bond donors (Lipinski definition) is 1. The molecule has 0 saturated carbocycles. The van der Waals surface area contributed by atoms with Gasteiger partial charge >= 0.3 is 0 Å². The van der Waals surface area contributed by atoms with E-state index < -0.39 is 0 Å². The van der Waals surface area contributed by atoms with Gasteiger partial charge < -0.3 is 15.0 Å². The van der Waals surface area contributed by atoms with Gasteiger partial charge in [0, 0.05) is 32.8 Å². The fourth-order valence-electron chi connectivity index (χ4n) is 1.14. The summed E-state index contributed by atoms with van der Waals surface area (Å²) in [6.07, 6.45) is 0. The Bertz CT molecular complexity index is 154. The fourth-order valence-corrected chi connectivity index (χ4v) is 1.14. The van der Waals surface area contributed by atoms with Crippen molar-refractivity contribution in [2.75, 3.05) is 40.4 Å². The van der Waals surface area contributed by atoms with Gasteiger partial charge in [-0.3, -0.25) is 0 Å². The highest BCUT2D eigenvalue weighted by molar-refractivity contribution is 4.76. The maximum absolute atomic E-state index is 5.03. The summed E-state index contributed by atoms with van der Waals surface area (Å²) in [5.41, 5.74) is 0.338. The molecule has 0 saturated heterocycles. The van der Waals surface area contributed by atoms with Crippen LogP contribution in [0.4, 0.5) is 0 Å². The Kier molecular flexibility index (Phi) is 7.14. The van der Waals surface area contributed by atoms with Crippen LogP contribution in [0.2, 0.25) is 0 Å². The lowest BCUT2D eigenvalue weighted by Gasteiger charge is -2.29. The number of rotatable bonds is 7. The summed E-state index contributed by atoms with van der Waals surface area (Å²) in [5, 5.41) is 3.55. The van der Waals surface area contributed by atoms with Crippen LogP contribution in [-0.4, -0.2) is 51.3 Å². The highest BCUT2D eigenvalue weighted by Crippen LogP contribution is 2.17. The molecule has 1 unspecified atom stereocenters. The molecule has 0 aromatic heterocycles. The molecule has 15 heavy (non-hydrogen) atoms. The van der Waals surface area contributed by atoms with Crippen molar-refractivity contribution >= 4 is 0 Å². The summed E-state index contributed by atoms with van der Waals surface area (Å²) < 4.78 is 5.03. The number of hydrogen-bond acceptors (Lipinski definition) is 3. The molecule has 0 aliphatic heterocycles. The molecule has 0 aromatic rings. The summed E-state index contributed by atoms with van der Waals surface area (Å²) in [7, 11) is 3.87. The van der Waals surface area contributed by atoms with E-state index in [1.165, 1.54) is 0 Å². The minimum atomic E-state index is 0.338. The minimum absolute atomic E-state index is 0.338. The van der Waals surface area contributed by atoms with Gasteiger partial charge in [0.05, 0.1) is 6.61 Å². The molecule has 0 rings (SSSR count). The van der Waals surface area contributed by atoms with Crippen LogP contribution in [0.1, 0.15) is 27.7 Å². The van der Waals surface area contributed by atoms with Gasteiger partial charge in [-0.05, 0) is 19.4 Å². The minimum Gasteiger partial charge on any atom is -0.383 e. The van der Waals surface area contributed by atoms with Crippen LogP contribution >= 0.6 is 0 Å². The molecule has 92 valence electrons. The Balaban J connectivity index is 3.52. The van der Waals surface area contributed by atoms with Crippen molar-refractivity contribution in [3.63, 3.8) is 0 Å². The van der Waals surface area contributed by atoms with Crippen LogP contribution in [0.5, 0.6) is 0 Å². The van der Waals surface area contributed by atoms with E-state index in [2.05, 4.69) is 45.0 Å². The summed E-state index contributed by atoms with van der Waals surface area (Å²) in [6.45, 7) is 13.0. The zero-order valence-electron chi connectivity index (χ0n) is 11.3. The maximum atomic E-state index is 5.03. The molecule has 0 radical (unpaired) electrons. The molecule has 1 N–H and O–H groups in total. The first kappa shape index (κ1) is 14.9. The summed E-state index contributed by atoms with van der Waals surface area (Å²) >= 11 is 0. The third kappa shape index (κ3) is 7.77. The molecule has 0 heterocycles. The number of ether oxygens (including phenoxy) is 1. The van der Waals surface area contributed by atoms with Gasteiger partial charge in [0.25, 0.3) is 0 Å². The van der Waals surface area contributed by atoms with Crippen molar-refractivity contribution in [1.82, 2.24) is 10.2 Å². The fraction of sp³-hybridized carbons (Fsp3) is 1.00. The van der Waals surface area contributed by atoms with Crippen molar-refractivity contribution in [1.29, 1.82) is 0 Å². The Morgan fingerprint density at radius 1 is 1.27 bits per heavy atom. The predicted molar refractivity (Wildman–Crippen MR) is 66.3 cm³/mol. The first-order chi connectivity index (χ1) is 6.88. The van der Waals surface area contributed by atoms with E-state index in [0.717, 1.165) is 26.2 Å². The second kappa shape index (κ2) is 7.20. The molecular formula is C12H28N2O. The molecule has 0 aliphatic carbocycles. The van der Waals surface area contributed by atoms with E-state index in [-0.39, 0.29) is 0 Å². The summed E-state index contributed by atoms with van der Waals surface area (Å²) in [6, 6.07) is 0.549. The Hall–Kier alpha value is -0.120. The lowest BCUT2D eigenvalue weighted by Crippen LogP contribution is -2.41. The van der Waals surface area contributed by atoms with E-state index >= 15 is 0 Å². The van der Waals surface area contributed by atoms with Gasteiger partial charge in [-0.15, -0.1) is 0 Å². The van der Waals surface area contributed by atoms with Crippen molar-refractivity contribution in [3.05, 3.63) is 0 Å². The maximum Gasteiger partial charge on any atom is 0.0589 e. The zero-order chi connectivity index (χ0) is 11.9. The molecular weight excluding hydrogens is 188 g/mol. The Labute approximate surface area is 95.2 Å². The Morgan fingerprint density at radius 3 is 2.33 bits per heavy atom. The van der Waals surface area contributed by atoms with Crippen LogP contribution in [0.25, 0.3) is 0 Å². The quantitative estimate of drug-likeness (QED) is 0.699. The predicted octanol–water partition coefficient (Wildman–Crippen LogP) is 1.59. The van der Waals surface area contributed by atoms with Crippen molar-refractivity contribution in [2.45, 2.75) is 33.7 Å². The summed E-state index contributed by atoms with van der Waals surface area (Å²) in [4.78, 5) is 2.28. The molecule has 3 heteroatoms. The molecule has 0 fully saturated rings. The highest BCUT2D eigenvalue weighted by atomic mass is 16.5. The van der Waals surface area contributed by atoms with Crippen molar-refractivity contribution < 1.29 is 4.74 Å². The Morgan fingerprint density at radius 2 is 1.87 bits per heavy atom. The second-order valence-electron chi connectivity index (χ2n) is 5.34. The lowest BCUT2D eigenvalue weighted by atomic mass is 9.88. The van der Waals surface area contributed by atoms with Crippen molar-refractivity contribution in [3.8, 4) is 0 Å². The van der Waals surface area contributed by atoms with Crippen LogP contribution in [0, 0.1) is 5.41 Å². The molecule has 0 spiro atoms. The van der Waals surface area contributed by atoms with Gasteiger partial charge in [0.2, 0.25) is 0 Å². The average molecular weight is 216 g/mol. The molecule has 1 atom stereocenters. The highest BCUT2D eigenvalue weighted by Gasteiger charge is 2.18. The van der Waals surface area contributed by atoms with Crippen LogP contribution < -0.4 is 5.32 Å². The number of likely N-dealkylation sites (N-methyl/N-ethyl adjacent to an activating group) is 1. The standard InChI is InChI=1S/C12H28N2O/c1-11(12(2,3)4)13-7-8-14(5)9-10-15-6/h11,13H,7-10H2,1-6H3. The van der Waals surface area contributed by atoms with Crippen molar-refractivity contribution in [2.24, 2.45) is 5.41 Å². The van der Waals surface area contributed by atoms with E-state index in [9.17, 15) is 0 Å². The smallest absolute Gasteiger partial charge is 0.0589 e. The monoisotopic (exact) mass is 216 g/mol. The number of nitrogens with zero attached hydrogens (tertiary/aromatic N) is 1. The molecule has 0 bridgehead atoms. The third-order valence-corrected chi connectivity index (χ3v) is 2.92. The van der Waals surface area contributed by atoms with Gasteiger partial charge in [-0.25, -0.2) is 0 Å². The van der Waals surface area contributed by atoms with E-state index in [4.69, 9.17) is 4.74 Å². The lowest BCUT2D eigenvalue weighted by molar-refractivity contribution is 0.159. The van der Waals surface area contributed by atoms with Gasteiger partial charge in [-0.1, -0.05) is 20.8 Å². The largest absolute Gasteiger partial charge is 0.383 e. The molecule has 3 nitrogen and oxygen atoms in total. The van der Waals surface area contributed by atoms with Gasteiger partial charge in [0.15, 0.2) is 0 Å². The molecule has 0 aliphatic rings. The van der Waals surface area contributed by atoms with Crippen LogP contribution in [0.15, 0.2) is 0 Å². The average Bonchev–Trinajstić information content (AvgIpc) is 2.13. The number of nitrogens with one attached hydrogen (secondary N) is 1. The number of methoxy groups -OCH3 is 1. The SMILES string of the molecule is COCCN(C)CCNC(C)C(C)(C)C. The van der Waals surface area contributed by atoms with Gasteiger partial charge in [-0.2, -0.15) is 0 Å². The molecule has 0 aromatic carbocycles.